The van der Waals surface area contributed by atoms with Crippen molar-refractivity contribution in [2.24, 2.45) is 5.11 Å². The maximum absolute atomic E-state index is 10.9. The third-order valence-corrected chi connectivity index (χ3v) is 2.04. The number of benzene rings is 1. The molecule has 0 fully saturated rings. The maximum atomic E-state index is 10.9. The molecule has 2 N–H and O–H groups in total. The summed E-state index contributed by atoms with van der Waals surface area (Å²) in [5, 5.41) is 14.9. The lowest BCUT2D eigenvalue weighted by molar-refractivity contribution is -0.137. The van der Waals surface area contributed by atoms with E-state index in [1.807, 2.05) is 0 Å². The van der Waals surface area contributed by atoms with Crippen LogP contribution in [0.2, 0.25) is 0 Å². The number of hydrogen-bond donors (Lipinski definition) is 2. The van der Waals surface area contributed by atoms with Gasteiger partial charge in [-0.15, -0.1) is 0 Å². The van der Waals surface area contributed by atoms with Gasteiger partial charge in [-0.25, -0.2) is 4.79 Å². The predicted octanol–water partition coefficient (Wildman–Crippen LogP) is 1.87. The maximum Gasteiger partial charge on any atom is 0.326 e. The summed E-state index contributed by atoms with van der Waals surface area (Å²) in [5.41, 5.74) is 8.75. The van der Waals surface area contributed by atoms with Crippen LogP contribution in [0, 0.1) is 0 Å². The molecule has 0 saturated carbocycles. The highest BCUT2D eigenvalue weighted by Crippen LogP contribution is 2.17. The van der Waals surface area contributed by atoms with E-state index in [9.17, 15) is 4.79 Å². The number of rotatable bonds is 6. The van der Waals surface area contributed by atoms with Gasteiger partial charge in [-0.05, 0) is 17.7 Å². The average molecular weight is 236 g/mol. The molecule has 1 atom stereocenters. The Hall–Kier alpha value is -2.40. The first-order valence-electron chi connectivity index (χ1n) is 4.81. The molecular weight excluding hydrogens is 224 g/mol. The van der Waals surface area contributed by atoms with Crippen LogP contribution >= 0.6 is 0 Å². The molecule has 0 aliphatic carbocycles. The van der Waals surface area contributed by atoms with Crippen LogP contribution in [0.25, 0.3) is 10.4 Å². The number of carboxylic acid groups (broad SMARTS) is 1. The summed E-state index contributed by atoms with van der Waals surface area (Å²) in [6.07, 6.45) is 0. The Balaban J connectivity index is 2.77. The van der Waals surface area contributed by atoms with Crippen molar-refractivity contribution in [3.05, 3.63) is 34.7 Å². The number of ether oxygens (including phenoxy) is 1. The summed E-state index contributed by atoms with van der Waals surface area (Å²) in [4.78, 5) is 13.4. The van der Waals surface area contributed by atoms with Gasteiger partial charge in [-0.1, -0.05) is 11.2 Å². The second-order valence-electron chi connectivity index (χ2n) is 3.18. The molecule has 0 amide bonds. The van der Waals surface area contributed by atoms with E-state index in [2.05, 4.69) is 15.3 Å². The minimum Gasteiger partial charge on any atom is -0.497 e. The molecular formula is C10H12N4O3. The van der Waals surface area contributed by atoms with Gasteiger partial charge in [0, 0.05) is 16.7 Å². The molecule has 1 rings (SSSR count). The first-order valence-corrected chi connectivity index (χ1v) is 4.81. The van der Waals surface area contributed by atoms with Crippen molar-refractivity contribution in [2.45, 2.75) is 6.04 Å². The largest absolute Gasteiger partial charge is 0.497 e. The van der Waals surface area contributed by atoms with Crippen LogP contribution in [0.1, 0.15) is 0 Å². The van der Waals surface area contributed by atoms with Gasteiger partial charge in [-0.3, -0.25) is 0 Å². The Morgan fingerprint density at radius 1 is 1.71 bits per heavy atom. The van der Waals surface area contributed by atoms with Crippen molar-refractivity contribution < 1.29 is 14.6 Å². The van der Waals surface area contributed by atoms with Crippen LogP contribution in [0.5, 0.6) is 5.75 Å². The molecule has 0 aliphatic heterocycles. The third kappa shape index (κ3) is 3.92. The molecule has 0 aromatic heterocycles. The number of hydrogen-bond acceptors (Lipinski definition) is 4. The molecule has 0 aliphatic rings. The summed E-state index contributed by atoms with van der Waals surface area (Å²) < 4.78 is 5.01. The van der Waals surface area contributed by atoms with Crippen molar-refractivity contribution in [2.75, 3.05) is 19.0 Å². The Morgan fingerprint density at radius 2 is 2.47 bits per heavy atom. The Kier molecular flexibility index (Phi) is 4.65. The average Bonchev–Trinajstić information content (AvgIpc) is 2.34. The fraction of sp³-hybridized carbons (Fsp3) is 0.300. The van der Waals surface area contributed by atoms with Gasteiger partial charge in [0.15, 0.2) is 0 Å². The molecule has 0 spiro atoms. The summed E-state index contributed by atoms with van der Waals surface area (Å²) in [6.45, 7) is -0.164. The zero-order chi connectivity index (χ0) is 12.7. The SMILES string of the molecule is COc1cccc(NC(CN=[N+]=[N-])C(=O)O)c1. The standard InChI is InChI=1S/C10H12N4O3/c1-17-8-4-2-3-7(5-8)13-9(10(15)16)6-12-14-11/h2-5,9,13H,6H2,1H3,(H,15,16). The molecule has 0 saturated heterocycles. The molecule has 1 unspecified atom stereocenters. The van der Waals surface area contributed by atoms with Crippen LogP contribution in [-0.4, -0.2) is 30.8 Å². The van der Waals surface area contributed by atoms with Gasteiger partial charge in [0.05, 0.1) is 13.7 Å². The van der Waals surface area contributed by atoms with Gasteiger partial charge < -0.3 is 15.2 Å². The third-order valence-electron chi connectivity index (χ3n) is 2.04. The lowest BCUT2D eigenvalue weighted by Gasteiger charge is -2.13. The number of anilines is 1. The molecule has 90 valence electrons. The fourth-order valence-corrected chi connectivity index (χ4v) is 1.22. The number of nitrogens with zero attached hydrogens (tertiary/aromatic N) is 3. The highest BCUT2D eigenvalue weighted by molar-refractivity contribution is 5.77. The number of carboxylic acids is 1. The van der Waals surface area contributed by atoms with Crippen LogP contribution in [-0.2, 0) is 4.79 Å². The van der Waals surface area contributed by atoms with E-state index in [0.29, 0.717) is 11.4 Å². The number of aliphatic carboxylic acids is 1. The summed E-state index contributed by atoms with van der Waals surface area (Å²) in [5.74, 6) is -0.469. The molecule has 7 heteroatoms. The van der Waals surface area contributed by atoms with E-state index >= 15 is 0 Å². The molecule has 0 bridgehead atoms. The molecule has 1 aromatic carbocycles. The highest BCUT2D eigenvalue weighted by Gasteiger charge is 2.15. The van der Waals surface area contributed by atoms with Crippen LogP contribution in [0.4, 0.5) is 5.69 Å². The van der Waals surface area contributed by atoms with Gasteiger partial charge >= 0.3 is 5.97 Å². The van der Waals surface area contributed by atoms with Crippen molar-refractivity contribution in [1.82, 2.24) is 0 Å². The number of nitrogens with one attached hydrogen (secondary N) is 1. The molecule has 0 heterocycles. The van der Waals surface area contributed by atoms with E-state index in [1.54, 1.807) is 24.3 Å². The smallest absolute Gasteiger partial charge is 0.326 e. The number of carbonyl (C=O) groups is 1. The second kappa shape index (κ2) is 6.24. The van der Waals surface area contributed by atoms with Gasteiger partial charge in [0.25, 0.3) is 0 Å². The van der Waals surface area contributed by atoms with Crippen LogP contribution in [0.3, 0.4) is 0 Å². The highest BCUT2D eigenvalue weighted by atomic mass is 16.5. The van der Waals surface area contributed by atoms with E-state index in [0.717, 1.165) is 0 Å². The zero-order valence-corrected chi connectivity index (χ0v) is 9.20. The van der Waals surface area contributed by atoms with E-state index in [-0.39, 0.29) is 6.54 Å². The van der Waals surface area contributed by atoms with Crippen LogP contribution in [0.15, 0.2) is 29.4 Å². The van der Waals surface area contributed by atoms with E-state index in [1.165, 1.54) is 7.11 Å². The Bertz CT molecular complexity index is 443. The van der Waals surface area contributed by atoms with Crippen molar-refractivity contribution in [3.8, 4) is 5.75 Å². The first-order chi connectivity index (χ1) is 8.17. The monoisotopic (exact) mass is 236 g/mol. The predicted molar refractivity (Wildman–Crippen MR) is 62.1 cm³/mol. The van der Waals surface area contributed by atoms with Gasteiger partial charge in [0.1, 0.15) is 11.8 Å². The van der Waals surface area contributed by atoms with E-state index < -0.39 is 12.0 Å². The summed E-state index contributed by atoms with van der Waals surface area (Å²) in [7, 11) is 1.52. The molecule has 1 aromatic rings. The van der Waals surface area contributed by atoms with Gasteiger partial charge in [-0.2, -0.15) is 0 Å². The normalized spacial score (nSPS) is 11.1. The Labute approximate surface area is 97.6 Å². The first kappa shape index (κ1) is 12.7. The van der Waals surface area contributed by atoms with Gasteiger partial charge in [0.2, 0.25) is 0 Å². The second-order valence-corrected chi connectivity index (χ2v) is 3.18. The quantitative estimate of drug-likeness (QED) is 0.446. The lowest BCUT2D eigenvalue weighted by atomic mass is 10.2. The topological polar surface area (TPSA) is 107 Å². The lowest BCUT2D eigenvalue weighted by Crippen LogP contribution is -2.31. The van der Waals surface area contributed by atoms with Crippen LogP contribution < -0.4 is 10.1 Å². The summed E-state index contributed by atoms with van der Waals surface area (Å²) in [6, 6.07) is 5.88. The fourth-order valence-electron chi connectivity index (χ4n) is 1.22. The minimum atomic E-state index is -1.08. The van der Waals surface area contributed by atoms with Crippen molar-refractivity contribution >= 4 is 11.7 Å². The van der Waals surface area contributed by atoms with Crippen molar-refractivity contribution in [1.29, 1.82) is 0 Å². The minimum absolute atomic E-state index is 0.164. The molecule has 0 radical (unpaired) electrons. The van der Waals surface area contributed by atoms with Crippen molar-refractivity contribution in [3.63, 3.8) is 0 Å². The zero-order valence-electron chi connectivity index (χ0n) is 9.20. The number of methoxy groups -OCH3 is 1. The summed E-state index contributed by atoms with van der Waals surface area (Å²) >= 11 is 0. The Morgan fingerprint density at radius 3 is 3.06 bits per heavy atom. The number of azide groups is 1. The van der Waals surface area contributed by atoms with E-state index in [4.69, 9.17) is 15.4 Å². The molecule has 17 heavy (non-hydrogen) atoms. The molecule has 7 nitrogen and oxygen atoms in total.